The van der Waals surface area contributed by atoms with E-state index in [-0.39, 0.29) is 6.04 Å². The van der Waals surface area contributed by atoms with Crippen molar-refractivity contribution in [3.63, 3.8) is 0 Å². The summed E-state index contributed by atoms with van der Waals surface area (Å²) < 4.78 is 0. The number of hydrogen-bond acceptors (Lipinski definition) is 3. The lowest BCUT2D eigenvalue weighted by atomic mass is 10.0. The molecule has 2 heterocycles. The molecule has 0 radical (unpaired) electrons. The average molecular weight is 340 g/mol. The molecule has 0 unspecified atom stereocenters. The van der Waals surface area contributed by atoms with Crippen molar-refractivity contribution in [3.8, 4) is 6.07 Å². The number of carboxylic acid groups (broad SMARTS) is 1. The smallest absolute Gasteiger partial charge is 0.404 e. The summed E-state index contributed by atoms with van der Waals surface area (Å²) in [5, 5.41) is 21.5. The molecule has 1 amide bonds. The van der Waals surface area contributed by atoms with Crippen molar-refractivity contribution in [3.05, 3.63) is 35.5 Å². The standard InChI is InChI=1S/C19H24N4O2/c20-12-14-4-5-18-17(11-14)15(13-21-18)3-1-2-8-23-9-6-16(7-10-23)22-19(24)25/h4-5,11,13,16,21-22H,1-3,6-10H2,(H,24,25). The Hall–Kier alpha value is -2.52. The maximum atomic E-state index is 10.7. The Morgan fingerprint density at radius 1 is 1.36 bits per heavy atom. The lowest BCUT2D eigenvalue weighted by molar-refractivity contribution is 0.167. The fourth-order valence-electron chi connectivity index (χ4n) is 3.58. The number of hydrogen-bond donors (Lipinski definition) is 3. The molecular formula is C19H24N4O2. The third kappa shape index (κ3) is 4.52. The Morgan fingerprint density at radius 2 is 2.16 bits per heavy atom. The second kappa shape index (κ2) is 8.04. The van der Waals surface area contributed by atoms with E-state index in [1.807, 2.05) is 18.2 Å². The number of benzene rings is 1. The van der Waals surface area contributed by atoms with E-state index >= 15 is 0 Å². The number of nitrogens with zero attached hydrogens (tertiary/aromatic N) is 2. The van der Waals surface area contributed by atoms with Crippen molar-refractivity contribution in [2.24, 2.45) is 0 Å². The van der Waals surface area contributed by atoms with Crippen molar-refractivity contribution in [1.82, 2.24) is 15.2 Å². The van der Waals surface area contributed by atoms with Crippen LogP contribution in [0.1, 0.15) is 36.8 Å². The highest BCUT2D eigenvalue weighted by Gasteiger charge is 2.19. The molecule has 3 N–H and O–H groups in total. The molecule has 0 atom stereocenters. The molecule has 2 aromatic rings. The van der Waals surface area contributed by atoms with E-state index in [4.69, 9.17) is 10.4 Å². The number of fused-ring (bicyclic) bond motifs is 1. The molecule has 0 bridgehead atoms. The Bertz CT molecular complexity index is 769. The molecule has 0 spiro atoms. The second-order valence-electron chi connectivity index (χ2n) is 6.71. The molecule has 6 heteroatoms. The van der Waals surface area contributed by atoms with Crippen LogP contribution in [0.2, 0.25) is 0 Å². The number of piperidine rings is 1. The van der Waals surface area contributed by atoms with Gasteiger partial charge in [-0.1, -0.05) is 0 Å². The molecule has 0 aliphatic carbocycles. The summed E-state index contributed by atoms with van der Waals surface area (Å²) in [4.78, 5) is 16.4. The van der Waals surface area contributed by atoms with Gasteiger partial charge in [-0.15, -0.1) is 0 Å². The molecule has 1 aromatic carbocycles. The first-order valence-electron chi connectivity index (χ1n) is 8.87. The minimum Gasteiger partial charge on any atom is -0.465 e. The van der Waals surface area contributed by atoms with Gasteiger partial charge in [-0.3, -0.25) is 0 Å². The fourth-order valence-corrected chi connectivity index (χ4v) is 3.58. The van der Waals surface area contributed by atoms with Gasteiger partial charge < -0.3 is 20.3 Å². The summed E-state index contributed by atoms with van der Waals surface area (Å²) in [6.07, 6.45) is 6.16. The van der Waals surface area contributed by atoms with Crippen LogP contribution >= 0.6 is 0 Å². The third-order valence-corrected chi connectivity index (χ3v) is 4.98. The summed E-state index contributed by atoms with van der Waals surface area (Å²) >= 11 is 0. The zero-order valence-corrected chi connectivity index (χ0v) is 14.3. The van der Waals surface area contributed by atoms with Gasteiger partial charge in [0.1, 0.15) is 0 Å². The van der Waals surface area contributed by atoms with E-state index in [1.54, 1.807) is 0 Å². The fraction of sp³-hybridized carbons (Fsp3) is 0.474. The van der Waals surface area contributed by atoms with Crippen LogP contribution in [-0.4, -0.2) is 46.8 Å². The Labute approximate surface area is 147 Å². The monoisotopic (exact) mass is 340 g/mol. The number of likely N-dealkylation sites (tertiary alicyclic amines) is 1. The van der Waals surface area contributed by atoms with Crippen molar-refractivity contribution in [1.29, 1.82) is 5.26 Å². The molecule has 1 aliphatic rings. The van der Waals surface area contributed by atoms with Gasteiger partial charge in [0.05, 0.1) is 11.6 Å². The minimum atomic E-state index is -0.920. The Balaban J connectivity index is 1.42. The van der Waals surface area contributed by atoms with Crippen LogP contribution in [0.15, 0.2) is 24.4 Å². The normalized spacial score (nSPS) is 16.0. The summed E-state index contributed by atoms with van der Waals surface area (Å²) in [6, 6.07) is 8.07. The van der Waals surface area contributed by atoms with Gasteiger partial charge in [0.25, 0.3) is 0 Å². The first kappa shape index (κ1) is 17.3. The first-order valence-corrected chi connectivity index (χ1v) is 8.87. The number of nitriles is 1. The second-order valence-corrected chi connectivity index (χ2v) is 6.71. The number of unbranched alkanes of at least 4 members (excludes halogenated alkanes) is 1. The number of aromatic nitrogens is 1. The van der Waals surface area contributed by atoms with E-state index in [9.17, 15) is 4.79 Å². The minimum absolute atomic E-state index is 0.106. The SMILES string of the molecule is N#Cc1ccc2[nH]cc(CCCCN3CCC(NC(=O)O)CC3)c2c1. The van der Waals surface area contributed by atoms with Crippen molar-refractivity contribution < 1.29 is 9.90 Å². The molecule has 1 saturated heterocycles. The van der Waals surface area contributed by atoms with Crippen molar-refractivity contribution in [2.45, 2.75) is 38.1 Å². The number of amides is 1. The summed E-state index contributed by atoms with van der Waals surface area (Å²) in [6.45, 7) is 2.98. The maximum absolute atomic E-state index is 10.7. The molecule has 25 heavy (non-hydrogen) atoms. The molecule has 132 valence electrons. The average Bonchev–Trinajstić information content (AvgIpc) is 3.02. The Morgan fingerprint density at radius 3 is 2.88 bits per heavy atom. The van der Waals surface area contributed by atoms with Gasteiger partial charge in [0.15, 0.2) is 0 Å². The lowest BCUT2D eigenvalue weighted by Crippen LogP contribution is -2.44. The largest absolute Gasteiger partial charge is 0.465 e. The van der Waals surface area contributed by atoms with Crippen LogP contribution in [-0.2, 0) is 6.42 Å². The summed E-state index contributed by atoms with van der Waals surface area (Å²) in [5.41, 5.74) is 3.06. The quantitative estimate of drug-likeness (QED) is 0.705. The topological polar surface area (TPSA) is 92.2 Å². The number of carbonyl (C=O) groups is 1. The van der Waals surface area contributed by atoms with Gasteiger partial charge in [-0.05, 0) is 62.4 Å². The van der Waals surface area contributed by atoms with Gasteiger partial charge in [0, 0.05) is 36.2 Å². The summed E-state index contributed by atoms with van der Waals surface area (Å²) in [5.74, 6) is 0. The molecule has 3 rings (SSSR count). The van der Waals surface area contributed by atoms with Gasteiger partial charge in [-0.2, -0.15) is 5.26 Å². The zero-order valence-electron chi connectivity index (χ0n) is 14.3. The van der Waals surface area contributed by atoms with E-state index in [1.165, 1.54) is 5.56 Å². The van der Waals surface area contributed by atoms with E-state index < -0.39 is 6.09 Å². The lowest BCUT2D eigenvalue weighted by Gasteiger charge is -2.31. The van der Waals surface area contributed by atoms with Crippen LogP contribution in [0, 0.1) is 11.3 Å². The van der Waals surface area contributed by atoms with E-state index in [0.29, 0.717) is 5.56 Å². The molecule has 6 nitrogen and oxygen atoms in total. The summed E-state index contributed by atoms with van der Waals surface area (Å²) in [7, 11) is 0. The number of aryl methyl sites for hydroxylation is 1. The number of nitrogens with one attached hydrogen (secondary N) is 2. The van der Waals surface area contributed by atoms with Crippen LogP contribution in [0.3, 0.4) is 0 Å². The number of H-pyrrole nitrogens is 1. The van der Waals surface area contributed by atoms with Gasteiger partial charge >= 0.3 is 6.09 Å². The molecule has 1 fully saturated rings. The highest BCUT2D eigenvalue weighted by Crippen LogP contribution is 2.21. The highest BCUT2D eigenvalue weighted by molar-refractivity contribution is 5.84. The van der Waals surface area contributed by atoms with Crippen LogP contribution < -0.4 is 5.32 Å². The van der Waals surface area contributed by atoms with Crippen molar-refractivity contribution >= 4 is 17.0 Å². The Kier molecular flexibility index (Phi) is 5.56. The molecule has 0 saturated carbocycles. The van der Waals surface area contributed by atoms with E-state index in [2.05, 4.69) is 27.5 Å². The van der Waals surface area contributed by atoms with Gasteiger partial charge in [0.2, 0.25) is 0 Å². The number of rotatable bonds is 6. The van der Waals surface area contributed by atoms with E-state index in [0.717, 1.165) is 62.6 Å². The molecule has 1 aromatic heterocycles. The predicted octanol–water partition coefficient (Wildman–Crippen LogP) is 3.09. The van der Waals surface area contributed by atoms with Crippen LogP contribution in [0.4, 0.5) is 4.79 Å². The third-order valence-electron chi connectivity index (χ3n) is 4.98. The first-order chi connectivity index (χ1) is 12.2. The maximum Gasteiger partial charge on any atom is 0.404 e. The van der Waals surface area contributed by atoms with Crippen molar-refractivity contribution in [2.75, 3.05) is 19.6 Å². The zero-order chi connectivity index (χ0) is 17.6. The highest BCUT2D eigenvalue weighted by atomic mass is 16.4. The van der Waals surface area contributed by atoms with Gasteiger partial charge in [-0.25, -0.2) is 4.79 Å². The molecule has 1 aliphatic heterocycles. The van der Waals surface area contributed by atoms with Crippen LogP contribution in [0.5, 0.6) is 0 Å². The predicted molar refractivity (Wildman–Crippen MR) is 96.6 cm³/mol. The molecular weight excluding hydrogens is 316 g/mol. The van der Waals surface area contributed by atoms with Crippen LogP contribution in [0.25, 0.3) is 10.9 Å². The number of aromatic amines is 1.